The Morgan fingerprint density at radius 3 is 2.86 bits per heavy atom. The maximum atomic E-state index is 12.8. The lowest BCUT2D eigenvalue weighted by Crippen LogP contribution is -2.14. The molecule has 0 aliphatic rings. The second kappa shape index (κ2) is 7.52. The Kier molecular flexibility index (Phi) is 4.76. The molecule has 4 rings (SSSR count). The third-order valence-corrected chi connectivity index (χ3v) is 4.50. The molecular formula is C22H19N3O3. The summed E-state index contributed by atoms with van der Waals surface area (Å²) >= 11 is 0. The number of fused-ring (bicyclic) bond motifs is 1. The average molecular weight is 373 g/mol. The summed E-state index contributed by atoms with van der Waals surface area (Å²) in [4.78, 5) is 21.3. The quantitative estimate of drug-likeness (QED) is 0.548. The Morgan fingerprint density at radius 2 is 2.07 bits per heavy atom. The van der Waals surface area contributed by atoms with E-state index < -0.39 is 0 Å². The molecule has 2 aromatic heterocycles. The number of pyridine rings is 1. The molecule has 4 aromatic rings. The standard InChI is InChI=1S/C22H19N3O3/c1-3-14-12-17(27-2)7-8-18(14)21(26)24-16-6-4-5-15(11-16)22-25-19-13-23-10-9-20(19)28-22/h4-13H,3H2,1-2H3,(H,24,26). The number of anilines is 1. The van der Waals surface area contributed by atoms with Gasteiger partial charge in [-0.2, -0.15) is 0 Å². The molecule has 28 heavy (non-hydrogen) atoms. The van der Waals surface area contributed by atoms with Crippen LogP contribution in [0.15, 0.2) is 65.3 Å². The number of oxazole rings is 1. The summed E-state index contributed by atoms with van der Waals surface area (Å²) in [7, 11) is 1.61. The summed E-state index contributed by atoms with van der Waals surface area (Å²) < 4.78 is 11.0. The van der Waals surface area contributed by atoms with Gasteiger partial charge in [-0.05, 0) is 48.4 Å². The van der Waals surface area contributed by atoms with Crippen LogP contribution in [0.3, 0.4) is 0 Å². The number of aryl methyl sites for hydroxylation is 1. The summed E-state index contributed by atoms with van der Waals surface area (Å²) in [5, 5.41) is 2.95. The third-order valence-electron chi connectivity index (χ3n) is 4.50. The van der Waals surface area contributed by atoms with Crippen LogP contribution < -0.4 is 10.1 Å². The normalized spacial score (nSPS) is 10.8. The first-order valence-corrected chi connectivity index (χ1v) is 8.97. The zero-order valence-electron chi connectivity index (χ0n) is 15.6. The highest BCUT2D eigenvalue weighted by Gasteiger charge is 2.13. The van der Waals surface area contributed by atoms with Crippen molar-refractivity contribution < 1.29 is 13.9 Å². The predicted molar refractivity (Wildman–Crippen MR) is 108 cm³/mol. The van der Waals surface area contributed by atoms with Crippen LogP contribution in [0.25, 0.3) is 22.6 Å². The number of rotatable bonds is 5. The summed E-state index contributed by atoms with van der Waals surface area (Å²) in [6.07, 6.45) is 4.05. The van der Waals surface area contributed by atoms with Gasteiger partial charge in [0, 0.05) is 29.1 Å². The van der Waals surface area contributed by atoms with Crippen LogP contribution in [-0.2, 0) is 6.42 Å². The number of ether oxygens (including phenoxy) is 1. The van der Waals surface area contributed by atoms with Crippen LogP contribution in [0, 0.1) is 0 Å². The lowest BCUT2D eigenvalue weighted by atomic mass is 10.0. The topological polar surface area (TPSA) is 77.2 Å². The maximum absolute atomic E-state index is 12.8. The van der Waals surface area contributed by atoms with Crippen molar-refractivity contribution in [1.29, 1.82) is 0 Å². The van der Waals surface area contributed by atoms with Crippen LogP contribution in [0.2, 0.25) is 0 Å². The Balaban J connectivity index is 1.61. The number of amides is 1. The van der Waals surface area contributed by atoms with Gasteiger partial charge in [-0.3, -0.25) is 9.78 Å². The number of nitrogens with zero attached hydrogens (tertiary/aromatic N) is 2. The first kappa shape index (κ1) is 17.7. The molecule has 0 fully saturated rings. The lowest BCUT2D eigenvalue weighted by molar-refractivity contribution is 0.102. The summed E-state index contributed by atoms with van der Waals surface area (Å²) in [6, 6.07) is 14.6. The molecule has 140 valence electrons. The fourth-order valence-electron chi connectivity index (χ4n) is 3.04. The second-order valence-corrected chi connectivity index (χ2v) is 6.27. The highest BCUT2D eigenvalue weighted by molar-refractivity contribution is 6.05. The molecule has 0 aliphatic heterocycles. The molecule has 0 aliphatic carbocycles. The van der Waals surface area contributed by atoms with Gasteiger partial charge in [0.2, 0.25) is 5.89 Å². The Labute approximate surface area is 162 Å². The molecule has 1 amide bonds. The highest BCUT2D eigenvalue weighted by atomic mass is 16.5. The summed E-state index contributed by atoms with van der Waals surface area (Å²) in [6.45, 7) is 2.01. The molecule has 6 nitrogen and oxygen atoms in total. The lowest BCUT2D eigenvalue weighted by Gasteiger charge is -2.11. The van der Waals surface area contributed by atoms with Gasteiger partial charge in [0.15, 0.2) is 5.58 Å². The van der Waals surface area contributed by atoms with Gasteiger partial charge in [-0.1, -0.05) is 13.0 Å². The number of aromatic nitrogens is 2. The van der Waals surface area contributed by atoms with E-state index in [-0.39, 0.29) is 5.91 Å². The van der Waals surface area contributed by atoms with Crippen molar-refractivity contribution in [2.24, 2.45) is 0 Å². The zero-order chi connectivity index (χ0) is 19.5. The van der Waals surface area contributed by atoms with Gasteiger partial charge in [0.1, 0.15) is 11.3 Å². The van der Waals surface area contributed by atoms with E-state index in [2.05, 4.69) is 15.3 Å². The van der Waals surface area contributed by atoms with Gasteiger partial charge in [-0.15, -0.1) is 0 Å². The SMILES string of the molecule is CCc1cc(OC)ccc1C(=O)Nc1cccc(-c2nc3cnccc3o2)c1. The van der Waals surface area contributed by atoms with E-state index in [9.17, 15) is 4.79 Å². The molecule has 0 saturated heterocycles. The number of carbonyl (C=O) groups excluding carboxylic acids is 1. The van der Waals surface area contributed by atoms with E-state index in [1.807, 2.05) is 37.3 Å². The minimum atomic E-state index is -0.168. The molecule has 0 saturated carbocycles. The molecule has 0 bridgehead atoms. The third kappa shape index (κ3) is 3.44. The molecule has 6 heteroatoms. The van der Waals surface area contributed by atoms with Gasteiger partial charge in [0.25, 0.3) is 5.91 Å². The van der Waals surface area contributed by atoms with Gasteiger partial charge >= 0.3 is 0 Å². The maximum Gasteiger partial charge on any atom is 0.255 e. The molecular weight excluding hydrogens is 354 g/mol. The molecule has 0 atom stereocenters. The van der Waals surface area contributed by atoms with E-state index in [0.717, 1.165) is 23.3 Å². The molecule has 1 N–H and O–H groups in total. The number of carbonyl (C=O) groups is 1. The minimum Gasteiger partial charge on any atom is -0.497 e. The van der Waals surface area contributed by atoms with E-state index in [1.54, 1.807) is 37.7 Å². The van der Waals surface area contributed by atoms with Crippen molar-refractivity contribution in [2.45, 2.75) is 13.3 Å². The molecule has 0 spiro atoms. The van der Waals surface area contributed by atoms with Crippen molar-refractivity contribution in [3.63, 3.8) is 0 Å². The Hall–Kier alpha value is -3.67. The fraction of sp³-hybridized carbons (Fsp3) is 0.136. The predicted octanol–water partition coefficient (Wildman–Crippen LogP) is 4.71. The fourth-order valence-corrected chi connectivity index (χ4v) is 3.04. The van der Waals surface area contributed by atoms with Crippen molar-refractivity contribution in [3.8, 4) is 17.2 Å². The number of methoxy groups -OCH3 is 1. The highest BCUT2D eigenvalue weighted by Crippen LogP contribution is 2.26. The van der Waals surface area contributed by atoms with Crippen molar-refractivity contribution >= 4 is 22.7 Å². The zero-order valence-corrected chi connectivity index (χ0v) is 15.6. The monoisotopic (exact) mass is 373 g/mol. The number of benzene rings is 2. The van der Waals surface area contributed by atoms with E-state index in [4.69, 9.17) is 9.15 Å². The van der Waals surface area contributed by atoms with E-state index in [1.165, 1.54) is 0 Å². The molecule has 0 unspecified atom stereocenters. The first-order chi connectivity index (χ1) is 13.7. The van der Waals surface area contributed by atoms with Gasteiger partial charge < -0.3 is 14.5 Å². The van der Waals surface area contributed by atoms with Crippen molar-refractivity contribution in [2.75, 3.05) is 12.4 Å². The molecule has 2 heterocycles. The number of hydrogen-bond acceptors (Lipinski definition) is 5. The average Bonchev–Trinajstić information content (AvgIpc) is 3.17. The second-order valence-electron chi connectivity index (χ2n) is 6.27. The Bertz CT molecular complexity index is 1120. The van der Waals surface area contributed by atoms with Crippen LogP contribution in [0.1, 0.15) is 22.8 Å². The minimum absolute atomic E-state index is 0.168. The summed E-state index contributed by atoms with van der Waals surface area (Å²) in [5.74, 6) is 1.05. The first-order valence-electron chi connectivity index (χ1n) is 8.97. The van der Waals surface area contributed by atoms with E-state index >= 15 is 0 Å². The number of nitrogens with one attached hydrogen (secondary N) is 1. The van der Waals surface area contributed by atoms with Crippen molar-refractivity contribution in [3.05, 3.63) is 72.1 Å². The summed E-state index contributed by atoms with van der Waals surface area (Å²) in [5.41, 5.74) is 4.37. The van der Waals surface area contributed by atoms with Gasteiger partial charge in [0.05, 0.1) is 13.3 Å². The van der Waals surface area contributed by atoms with Crippen LogP contribution in [0.5, 0.6) is 5.75 Å². The van der Waals surface area contributed by atoms with Crippen LogP contribution >= 0.6 is 0 Å². The van der Waals surface area contributed by atoms with E-state index in [0.29, 0.717) is 28.2 Å². The number of hydrogen-bond donors (Lipinski definition) is 1. The van der Waals surface area contributed by atoms with Crippen LogP contribution in [0.4, 0.5) is 5.69 Å². The molecule has 0 radical (unpaired) electrons. The Morgan fingerprint density at radius 1 is 1.18 bits per heavy atom. The van der Waals surface area contributed by atoms with Gasteiger partial charge in [-0.25, -0.2) is 4.98 Å². The smallest absolute Gasteiger partial charge is 0.255 e. The van der Waals surface area contributed by atoms with Crippen molar-refractivity contribution in [1.82, 2.24) is 9.97 Å². The molecule has 2 aromatic carbocycles. The van der Waals surface area contributed by atoms with Crippen LogP contribution in [-0.4, -0.2) is 23.0 Å². The largest absolute Gasteiger partial charge is 0.497 e.